The molecule has 3 nitrogen and oxygen atoms in total. The van der Waals surface area contributed by atoms with Crippen molar-refractivity contribution >= 4 is 35.0 Å². The summed E-state index contributed by atoms with van der Waals surface area (Å²) in [6, 6.07) is 54.9. The Kier molecular flexibility index (Phi) is 8.03. The molecule has 1 unspecified atom stereocenters. The third-order valence-electron chi connectivity index (χ3n) is 11.0. The van der Waals surface area contributed by atoms with Crippen molar-refractivity contribution in [1.29, 1.82) is 0 Å². The number of fused-ring (bicyclic) bond motifs is 2. The van der Waals surface area contributed by atoms with Crippen molar-refractivity contribution in [2.24, 2.45) is 0 Å². The second kappa shape index (κ2) is 12.8. The Morgan fingerprint density at radius 3 is 1.70 bits per heavy atom. The molecule has 0 amide bonds. The van der Waals surface area contributed by atoms with Crippen LogP contribution in [0, 0.1) is 0 Å². The zero-order valence-electron chi connectivity index (χ0n) is 29.7. The maximum Gasteiger partial charge on any atom is 0.219 e. The van der Waals surface area contributed by atoms with E-state index in [1.54, 1.807) is 0 Å². The smallest absolute Gasteiger partial charge is 0.219 e. The van der Waals surface area contributed by atoms with Crippen LogP contribution in [0.15, 0.2) is 164 Å². The molecular weight excluding hydrogens is 691 g/mol. The zero-order valence-corrected chi connectivity index (χ0v) is 31.2. The highest BCUT2D eigenvalue weighted by Gasteiger charge is 2.57. The molecule has 6 aromatic carbocycles. The van der Waals surface area contributed by atoms with Gasteiger partial charge in [-0.1, -0.05) is 102 Å². The number of halogens is 2. The van der Waals surface area contributed by atoms with Gasteiger partial charge in [0.15, 0.2) is 0 Å². The lowest BCUT2D eigenvalue weighted by molar-refractivity contribution is -0.572. The van der Waals surface area contributed by atoms with Crippen molar-refractivity contribution in [2.75, 3.05) is 11.9 Å². The number of hydrogen-bond donors (Lipinski definition) is 0. The van der Waals surface area contributed by atoms with Gasteiger partial charge >= 0.3 is 0 Å². The Morgan fingerprint density at radius 1 is 0.566 bits per heavy atom. The molecule has 2 aliphatic rings. The standard InChI is InChI=1S/C48H37Cl2N2O/c1-47(2)42-16-10-11-17-43(42)51(3)48(47)27-26-36-28-40(31-41(46(36)53-48)33-14-8-5-9-15-33)52-44(34-18-22-38(49)23-19-34)29-37(32-12-6-4-7-13-32)30-45(52)35-20-24-39(50)25-21-35/h4-31H,1-3H3/q+1. The molecule has 0 bridgehead atoms. The first-order valence-electron chi connectivity index (χ1n) is 17.9. The molecule has 3 heterocycles. The highest BCUT2D eigenvalue weighted by Crippen LogP contribution is 2.55. The molecule has 9 rings (SSSR count). The van der Waals surface area contributed by atoms with E-state index in [1.165, 1.54) is 11.3 Å². The number of likely N-dealkylation sites (N-methyl/N-ethyl adjacent to an activating group) is 1. The van der Waals surface area contributed by atoms with Gasteiger partial charge in [0.1, 0.15) is 5.75 Å². The first kappa shape index (κ1) is 33.2. The summed E-state index contributed by atoms with van der Waals surface area (Å²) in [5, 5.41) is 1.38. The maximum atomic E-state index is 7.40. The Balaban J connectivity index is 1.33. The van der Waals surface area contributed by atoms with Crippen LogP contribution >= 0.6 is 23.2 Å². The van der Waals surface area contributed by atoms with E-state index < -0.39 is 5.72 Å². The van der Waals surface area contributed by atoms with Crippen LogP contribution < -0.4 is 14.2 Å². The molecule has 0 saturated carbocycles. The van der Waals surface area contributed by atoms with E-state index in [-0.39, 0.29) is 5.41 Å². The van der Waals surface area contributed by atoms with Crippen LogP contribution in [0.1, 0.15) is 25.0 Å². The van der Waals surface area contributed by atoms with Crippen LogP contribution in [-0.2, 0) is 5.41 Å². The number of para-hydroxylation sites is 1. The second-order valence-corrected chi connectivity index (χ2v) is 15.2. The minimum absolute atomic E-state index is 0.329. The van der Waals surface area contributed by atoms with Crippen LogP contribution in [0.3, 0.4) is 0 Å². The quantitative estimate of drug-likeness (QED) is 0.164. The average molecular weight is 729 g/mol. The monoisotopic (exact) mass is 727 g/mol. The van der Waals surface area contributed by atoms with Gasteiger partial charge in [-0.3, -0.25) is 0 Å². The molecule has 1 atom stereocenters. The van der Waals surface area contributed by atoms with Gasteiger partial charge in [0, 0.05) is 69.3 Å². The predicted molar refractivity (Wildman–Crippen MR) is 220 cm³/mol. The summed E-state index contributed by atoms with van der Waals surface area (Å²) in [6.45, 7) is 4.56. The van der Waals surface area contributed by atoms with Gasteiger partial charge in [0.05, 0.1) is 5.41 Å². The number of benzene rings is 6. The topological polar surface area (TPSA) is 16.4 Å². The van der Waals surface area contributed by atoms with E-state index in [2.05, 4.69) is 170 Å². The Bertz CT molecular complexity index is 2460. The molecule has 7 aromatic rings. The van der Waals surface area contributed by atoms with E-state index in [0.717, 1.165) is 61.8 Å². The number of ether oxygens (including phenoxy) is 1. The summed E-state index contributed by atoms with van der Waals surface area (Å²) in [5.74, 6) is 0.859. The van der Waals surface area contributed by atoms with E-state index in [0.29, 0.717) is 10.0 Å². The SMILES string of the molecule is CN1c2ccccc2C(C)(C)C12C=Cc1cc(-[n+]3c(-c4ccc(Cl)cc4)cc(-c4ccccc4)cc3-c3ccc(Cl)cc3)cc(-c3ccccc3)c1O2. The van der Waals surface area contributed by atoms with Crippen molar-refractivity contribution in [2.45, 2.75) is 25.0 Å². The maximum absolute atomic E-state index is 7.40. The molecule has 0 saturated heterocycles. The van der Waals surface area contributed by atoms with E-state index in [1.807, 2.05) is 30.3 Å². The van der Waals surface area contributed by atoms with Gasteiger partial charge in [-0.25, -0.2) is 0 Å². The minimum atomic E-state index is -0.720. The van der Waals surface area contributed by atoms with E-state index in [9.17, 15) is 0 Å². The highest BCUT2D eigenvalue weighted by molar-refractivity contribution is 6.31. The number of anilines is 1. The summed E-state index contributed by atoms with van der Waals surface area (Å²) in [6.07, 6.45) is 4.50. The lowest BCUT2D eigenvalue weighted by Gasteiger charge is -2.46. The minimum Gasteiger partial charge on any atom is -0.462 e. The summed E-state index contributed by atoms with van der Waals surface area (Å²) >= 11 is 12.9. The molecule has 53 heavy (non-hydrogen) atoms. The van der Waals surface area contributed by atoms with Crippen LogP contribution in [0.4, 0.5) is 5.69 Å². The molecular formula is C48H37Cl2N2O+. The Labute approximate surface area is 321 Å². The molecule has 2 aliphatic heterocycles. The lowest BCUT2D eigenvalue weighted by Crippen LogP contribution is -2.58. The van der Waals surface area contributed by atoms with Gasteiger partial charge < -0.3 is 9.64 Å². The van der Waals surface area contributed by atoms with Crippen molar-refractivity contribution in [3.63, 3.8) is 0 Å². The first-order valence-corrected chi connectivity index (χ1v) is 18.6. The zero-order chi connectivity index (χ0) is 36.3. The molecule has 1 aromatic heterocycles. The van der Waals surface area contributed by atoms with E-state index >= 15 is 0 Å². The van der Waals surface area contributed by atoms with Gasteiger partial charge in [0.25, 0.3) is 0 Å². The van der Waals surface area contributed by atoms with Gasteiger partial charge in [-0.2, -0.15) is 4.57 Å². The third kappa shape index (κ3) is 5.46. The first-order chi connectivity index (χ1) is 25.7. The summed E-state index contributed by atoms with van der Waals surface area (Å²) < 4.78 is 9.75. The van der Waals surface area contributed by atoms with Crippen LogP contribution in [0.25, 0.3) is 56.5 Å². The van der Waals surface area contributed by atoms with E-state index in [4.69, 9.17) is 27.9 Å². The molecule has 0 N–H and O–H groups in total. The molecule has 0 fully saturated rings. The third-order valence-corrected chi connectivity index (χ3v) is 11.5. The van der Waals surface area contributed by atoms with Crippen molar-refractivity contribution in [1.82, 2.24) is 0 Å². The Morgan fingerprint density at radius 2 is 1.11 bits per heavy atom. The van der Waals surface area contributed by atoms with Crippen LogP contribution in [-0.4, -0.2) is 12.8 Å². The number of nitrogens with zero attached hydrogens (tertiary/aromatic N) is 2. The summed E-state index contributed by atoms with van der Waals surface area (Å²) in [5.41, 5.74) is 11.9. The van der Waals surface area contributed by atoms with Gasteiger partial charge in [-0.15, -0.1) is 0 Å². The van der Waals surface area contributed by atoms with Crippen molar-refractivity contribution in [3.05, 3.63) is 185 Å². The summed E-state index contributed by atoms with van der Waals surface area (Å²) in [7, 11) is 2.14. The number of hydrogen-bond acceptors (Lipinski definition) is 2. The van der Waals surface area contributed by atoms with Crippen molar-refractivity contribution in [3.8, 4) is 56.2 Å². The molecule has 258 valence electrons. The fourth-order valence-corrected chi connectivity index (χ4v) is 8.42. The average Bonchev–Trinajstić information content (AvgIpc) is 3.35. The fraction of sp³-hybridized carbons (Fsp3) is 0.104. The highest BCUT2D eigenvalue weighted by atomic mass is 35.5. The lowest BCUT2D eigenvalue weighted by atomic mass is 9.76. The number of aromatic nitrogens is 1. The number of rotatable bonds is 5. The van der Waals surface area contributed by atoms with Crippen molar-refractivity contribution < 1.29 is 9.30 Å². The summed E-state index contributed by atoms with van der Waals surface area (Å²) in [4.78, 5) is 2.29. The normalized spacial score (nSPS) is 16.7. The van der Waals surface area contributed by atoms with Crippen LogP contribution in [0.5, 0.6) is 5.75 Å². The molecule has 0 aliphatic carbocycles. The van der Waals surface area contributed by atoms with Gasteiger partial charge in [-0.05, 0) is 103 Å². The van der Waals surface area contributed by atoms with Gasteiger partial charge in [0.2, 0.25) is 22.8 Å². The number of pyridine rings is 1. The molecule has 5 heteroatoms. The fourth-order valence-electron chi connectivity index (χ4n) is 8.17. The molecule has 1 spiro atoms. The second-order valence-electron chi connectivity index (χ2n) is 14.3. The largest absolute Gasteiger partial charge is 0.462 e. The predicted octanol–water partition coefficient (Wildman–Crippen LogP) is 12.5. The Hall–Kier alpha value is -5.61. The molecule has 0 radical (unpaired) electrons. The van der Waals surface area contributed by atoms with Crippen LogP contribution in [0.2, 0.25) is 10.0 Å².